The monoisotopic (exact) mass is 235 g/mol. The highest BCUT2D eigenvalue weighted by Crippen LogP contribution is 1.83. The summed E-state index contributed by atoms with van der Waals surface area (Å²) in [6, 6.07) is 0. The average Bonchev–Trinajstić information content (AvgIpc) is 2.19. The second kappa shape index (κ2) is 16.5. The number of hydrogen-bond donors (Lipinski definition) is 2. The van der Waals surface area contributed by atoms with Crippen molar-refractivity contribution in [2.24, 2.45) is 0 Å². The van der Waals surface area contributed by atoms with Gasteiger partial charge in [-0.2, -0.15) is 0 Å². The van der Waals surface area contributed by atoms with E-state index < -0.39 is 0 Å². The van der Waals surface area contributed by atoms with Gasteiger partial charge in [-0.25, -0.2) is 0 Å². The molecule has 0 saturated carbocycles. The summed E-state index contributed by atoms with van der Waals surface area (Å²) in [5.41, 5.74) is 0. The van der Waals surface area contributed by atoms with Crippen LogP contribution in [0.25, 0.3) is 0 Å². The molecule has 2 N–H and O–H groups in total. The van der Waals surface area contributed by atoms with Crippen molar-refractivity contribution >= 4 is 12.2 Å². The van der Waals surface area contributed by atoms with Gasteiger partial charge in [-0.3, -0.25) is 4.79 Å². The largest absolute Gasteiger partial charge is 0.396 e. The Hall–Kier alpha value is -0.940. The van der Waals surface area contributed by atoms with Crippen molar-refractivity contribution in [1.82, 2.24) is 5.32 Å². The first-order valence-electron chi connectivity index (χ1n) is 4.70. The van der Waals surface area contributed by atoms with Crippen molar-refractivity contribution in [2.45, 2.75) is 34.1 Å². The summed E-state index contributed by atoms with van der Waals surface area (Å²) in [7, 11) is 0. The van der Waals surface area contributed by atoms with Crippen LogP contribution in [0, 0.1) is 0 Å². The van der Waals surface area contributed by atoms with Crippen LogP contribution in [0.5, 0.6) is 0 Å². The summed E-state index contributed by atoms with van der Waals surface area (Å²) in [5, 5.41) is 11.0. The highest BCUT2D eigenvalue weighted by Gasteiger charge is 1.99. The molecule has 0 rings (SSSR count). The molecular weight excluding hydrogens is 210 g/mol. The highest BCUT2D eigenvalue weighted by atomic mass is 16.5. The molecule has 0 aliphatic carbocycles. The molecule has 0 fully saturated rings. The zero-order valence-corrected chi connectivity index (χ0v) is 8.20. The van der Waals surface area contributed by atoms with E-state index in [1.165, 1.54) is 0 Å². The maximum atomic E-state index is 11.0. The third-order valence-electron chi connectivity index (χ3n) is 1.50. The Morgan fingerprint density at radius 2 is 2.00 bits per heavy atom. The Morgan fingerprint density at radius 1 is 1.31 bits per heavy atom. The van der Waals surface area contributed by atoms with E-state index in [0.717, 1.165) is 6.29 Å². The van der Waals surface area contributed by atoms with E-state index in [2.05, 4.69) is 5.32 Å². The zero-order chi connectivity index (χ0) is 10.6. The quantitative estimate of drug-likeness (QED) is 0.457. The summed E-state index contributed by atoms with van der Waals surface area (Å²) in [6.45, 7) is 0.973. The van der Waals surface area contributed by atoms with Gasteiger partial charge in [0.25, 0.3) is 0 Å². The predicted octanol–water partition coefficient (Wildman–Crippen LogP) is 0.753. The molecule has 16 heavy (non-hydrogen) atoms. The van der Waals surface area contributed by atoms with Crippen LogP contribution in [0.15, 0.2) is 0 Å². The molecule has 5 heteroatoms. The Morgan fingerprint density at radius 3 is 2.56 bits per heavy atom. The summed E-state index contributed by atoms with van der Waals surface area (Å²) >= 11 is 0. The summed E-state index contributed by atoms with van der Waals surface area (Å²) in [6.07, 6.45) is 2.49. The van der Waals surface area contributed by atoms with Crippen molar-refractivity contribution in [3.05, 3.63) is 0 Å². The number of hydrogen-bond acceptors (Lipinski definition) is 4. The van der Waals surface area contributed by atoms with Crippen LogP contribution < -0.4 is 5.32 Å². The van der Waals surface area contributed by atoms with Gasteiger partial charge in [-0.1, -0.05) is 14.9 Å². The Balaban J connectivity index is -0.000000845. The van der Waals surface area contributed by atoms with E-state index in [0.29, 0.717) is 32.4 Å². The van der Waals surface area contributed by atoms with Crippen molar-refractivity contribution in [2.75, 3.05) is 26.4 Å². The van der Waals surface area contributed by atoms with Crippen molar-refractivity contribution < 1.29 is 19.4 Å². The summed E-state index contributed by atoms with van der Waals surface area (Å²) < 4.78 is 4.95. The Kier molecular flexibility index (Phi) is 21.1. The van der Waals surface area contributed by atoms with Crippen LogP contribution >= 0.6 is 0 Å². The average molecular weight is 235 g/mol. The van der Waals surface area contributed by atoms with Crippen LogP contribution in [0.4, 0.5) is 0 Å². The fraction of sp³-hybridized carbons (Fsp3) is 0.818. The molecule has 5 nitrogen and oxygen atoms in total. The Bertz CT molecular complexity index is 162. The van der Waals surface area contributed by atoms with Gasteiger partial charge in [-0.15, -0.1) is 0 Å². The van der Waals surface area contributed by atoms with Gasteiger partial charge in [0.05, 0.1) is 0 Å². The molecule has 0 spiro atoms. The normalized spacial score (nSPS) is 8.56. The maximum Gasteiger partial charge on any atom is 0.245 e. The van der Waals surface area contributed by atoms with Gasteiger partial charge in [0.2, 0.25) is 5.91 Å². The number of aliphatic hydroxyl groups excluding tert-OH is 1. The molecule has 0 bridgehead atoms. The van der Waals surface area contributed by atoms with E-state index in [1.807, 2.05) is 0 Å². The number of nitrogens with one attached hydrogen (secondary N) is 1. The molecule has 0 unspecified atom stereocenters. The zero-order valence-electron chi connectivity index (χ0n) is 8.20. The minimum absolute atomic E-state index is 0. The lowest BCUT2D eigenvalue weighted by Gasteiger charge is -2.04. The second-order valence-corrected chi connectivity index (χ2v) is 2.79. The van der Waals surface area contributed by atoms with Crippen molar-refractivity contribution in [1.29, 1.82) is 0 Å². The number of carbonyl (C=O) groups excluding carboxylic acids is 2. The topological polar surface area (TPSA) is 75.6 Å². The van der Waals surface area contributed by atoms with Gasteiger partial charge in [0.15, 0.2) is 0 Å². The fourth-order valence-corrected chi connectivity index (χ4v) is 0.796. The number of carbonyl (C=O) groups is 2. The highest BCUT2D eigenvalue weighted by molar-refractivity contribution is 5.77. The molecular formula is C11H25NO4. The molecule has 0 aliphatic rings. The fourth-order valence-electron chi connectivity index (χ4n) is 0.796. The van der Waals surface area contributed by atoms with Gasteiger partial charge < -0.3 is 20.0 Å². The van der Waals surface area contributed by atoms with Crippen LogP contribution in [0.2, 0.25) is 0 Å². The second-order valence-electron chi connectivity index (χ2n) is 2.79. The lowest BCUT2D eigenvalue weighted by atomic mass is 10.3. The van der Waals surface area contributed by atoms with E-state index in [-0.39, 0.29) is 34.0 Å². The standard InChI is InChI=1S/C9H17NO4.2CH4/c11-5-2-1-4-10-9(13)8-14-7-3-6-12;;/h5,12H,1-4,6-8H2,(H,10,13);2*1H4. The van der Waals surface area contributed by atoms with Gasteiger partial charge in [-0.05, 0) is 12.8 Å². The molecule has 0 aliphatic heterocycles. The number of rotatable bonds is 9. The molecule has 0 radical (unpaired) electrons. The molecule has 1 amide bonds. The van der Waals surface area contributed by atoms with Crippen LogP contribution in [-0.4, -0.2) is 43.7 Å². The lowest BCUT2D eigenvalue weighted by molar-refractivity contribution is -0.125. The molecule has 98 valence electrons. The number of ether oxygens (including phenoxy) is 1. The first-order chi connectivity index (χ1) is 6.81. The minimum atomic E-state index is -0.186. The van der Waals surface area contributed by atoms with Crippen LogP contribution in [0.3, 0.4) is 0 Å². The Labute approximate surface area is 98.2 Å². The van der Waals surface area contributed by atoms with Crippen LogP contribution in [-0.2, 0) is 14.3 Å². The third kappa shape index (κ3) is 15.5. The maximum absolute atomic E-state index is 11.0. The van der Waals surface area contributed by atoms with E-state index in [4.69, 9.17) is 9.84 Å². The first-order valence-corrected chi connectivity index (χ1v) is 4.70. The van der Waals surface area contributed by atoms with E-state index in [9.17, 15) is 9.59 Å². The summed E-state index contributed by atoms with van der Waals surface area (Å²) in [5.74, 6) is -0.186. The summed E-state index contributed by atoms with van der Waals surface area (Å²) in [4.78, 5) is 20.9. The van der Waals surface area contributed by atoms with Gasteiger partial charge in [0, 0.05) is 26.2 Å². The first kappa shape index (κ1) is 20.5. The van der Waals surface area contributed by atoms with Crippen LogP contribution in [0.1, 0.15) is 34.1 Å². The number of unbranched alkanes of at least 4 members (excludes halogenated alkanes) is 1. The molecule has 0 saturated heterocycles. The van der Waals surface area contributed by atoms with Gasteiger partial charge >= 0.3 is 0 Å². The molecule has 0 aromatic heterocycles. The predicted molar refractivity (Wildman–Crippen MR) is 64.3 cm³/mol. The van der Waals surface area contributed by atoms with Crippen molar-refractivity contribution in [3.63, 3.8) is 0 Å². The SMILES string of the molecule is C.C.O=CCCCNC(=O)COCCCO. The smallest absolute Gasteiger partial charge is 0.245 e. The number of aldehydes is 1. The van der Waals surface area contributed by atoms with E-state index >= 15 is 0 Å². The molecule has 0 heterocycles. The lowest BCUT2D eigenvalue weighted by Crippen LogP contribution is -2.28. The van der Waals surface area contributed by atoms with Crippen molar-refractivity contribution in [3.8, 4) is 0 Å². The number of aliphatic hydroxyl groups is 1. The molecule has 0 aromatic carbocycles. The minimum Gasteiger partial charge on any atom is -0.396 e. The molecule has 0 aromatic rings. The third-order valence-corrected chi connectivity index (χ3v) is 1.50. The molecule has 0 atom stereocenters. The van der Waals surface area contributed by atoms with Gasteiger partial charge in [0.1, 0.15) is 12.9 Å². The van der Waals surface area contributed by atoms with E-state index in [1.54, 1.807) is 0 Å². The number of amides is 1.